The van der Waals surface area contributed by atoms with Crippen molar-refractivity contribution < 1.29 is 9.84 Å². The van der Waals surface area contributed by atoms with Crippen LogP contribution in [0.25, 0.3) is 10.9 Å². The van der Waals surface area contributed by atoms with Crippen molar-refractivity contribution in [3.8, 4) is 5.75 Å². The lowest BCUT2D eigenvalue weighted by Gasteiger charge is -2.36. The maximum Gasteiger partial charge on any atom is 0.255 e. The number of hydrogen-bond donors (Lipinski definition) is 1. The average Bonchev–Trinajstić information content (AvgIpc) is 2.70. The molecule has 0 saturated carbocycles. The van der Waals surface area contributed by atoms with Crippen LogP contribution in [0.2, 0.25) is 5.02 Å². The fourth-order valence-corrected chi connectivity index (χ4v) is 3.89. The van der Waals surface area contributed by atoms with Gasteiger partial charge < -0.3 is 14.4 Å². The Morgan fingerprint density at radius 3 is 2.71 bits per heavy atom. The summed E-state index contributed by atoms with van der Waals surface area (Å²) >= 11 is 5.92. The van der Waals surface area contributed by atoms with Gasteiger partial charge in [-0.3, -0.25) is 9.69 Å². The van der Waals surface area contributed by atoms with E-state index in [0.29, 0.717) is 30.3 Å². The van der Waals surface area contributed by atoms with Gasteiger partial charge in [-0.25, -0.2) is 0 Å². The molecule has 3 aromatic rings. The van der Waals surface area contributed by atoms with Crippen LogP contribution in [0.5, 0.6) is 5.75 Å². The summed E-state index contributed by atoms with van der Waals surface area (Å²) in [6.45, 7) is 1.81. The number of para-hydroxylation sites is 1. The molecular formula is C22H23ClN2O3. The third-order valence-electron chi connectivity index (χ3n) is 5.31. The van der Waals surface area contributed by atoms with Crippen LogP contribution >= 0.6 is 11.6 Å². The van der Waals surface area contributed by atoms with Gasteiger partial charge in [-0.05, 0) is 48.2 Å². The first-order valence-electron chi connectivity index (χ1n) is 9.41. The smallest absolute Gasteiger partial charge is 0.255 e. The fourth-order valence-electron chi connectivity index (χ4n) is 3.76. The number of likely N-dealkylation sites (tertiary alicyclic amines) is 1. The SMILES string of the molecule is Cn1c(=O)c(CN2CC[C@@H](O)[C@H](Oc3ccc(Cl)cc3)C2)cc2ccccc21. The Labute approximate surface area is 168 Å². The van der Waals surface area contributed by atoms with E-state index < -0.39 is 6.10 Å². The number of aryl methyl sites for hydroxylation is 1. The molecule has 0 amide bonds. The minimum Gasteiger partial charge on any atom is -0.486 e. The van der Waals surface area contributed by atoms with Crippen LogP contribution in [0, 0.1) is 0 Å². The highest BCUT2D eigenvalue weighted by Crippen LogP contribution is 2.22. The lowest BCUT2D eigenvalue weighted by atomic mass is 10.0. The van der Waals surface area contributed by atoms with Crippen molar-refractivity contribution in [3.05, 3.63) is 75.5 Å². The van der Waals surface area contributed by atoms with Crippen molar-refractivity contribution in [2.45, 2.75) is 25.2 Å². The summed E-state index contributed by atoms with van der Waals surface area (Å²) in [4.78, 5) is 14.9. The van der Waals surface area contributed by atoms with Crippen LogP contribution in [0.4, 0.5) is 0 Å². The van der Waals surface area contributed by atoms with E-state index in [1.807, 2.05) is 30.3 Å². The van der Waals surface area contributed by atoms with Gasteiger partial charge >= 0.3 is 0 Å². The third-order valence-corrected chi connectivity index (χ3v) is 5.56. The topological polar surface area (TPSA) is 54.7 Å². The number of pyridine rings is 1. The molecular weight excluding hydrogens is 376 g/mol. The van der Waals surface area contributed by atoms with E-state index in [2.05, 4.69) is 4.90 Å². The van der Waals surface area contributed by atoms with Gasteiger partial charge in [-0.2, -0.15) is 0 Å². The molecule has 0 radical (unpaired) electrons. The van der Waals surface area contributed by atoms with Crippen LogP contribution in [0.15, 0.2) is 59.4 Å². The summed E-state index contributed by atoms with van der Waals surface area (Å²) in [7, 11) is 1.81. The van der Waals surface area contributed by atoms with E-state index in [9.17, 15) is 9.90 Å². The van der Waals surface area contributed by atoms with E-state index in [0.717, 1.165) is 23.0 Å². The molecule has 5 nitrogen and oxygen atoms in total. The predicted octanol–water partition coefficient (Wildman–Crippen LogP) is 3.21. The minimum atomic E-state index is -0.536. The Kier molecular flexibility index (Phi) is 5.40. The summed E-state index contributed by atoms with van der Waals surface area (Å²) in [6.07, 6.45) is -0.280. The fraction of sp³-hybridized carbons (Fsp3) is 0.318. The van der Waals surface area contributed by atoms with E-state index >= 15 is 0 Å². The highest BCUT2D eigenvalue weighted by atomic mass is 35.5. The van der Waals surface area contributed by atoms with Gasteiger partial charge in [0.15, 0.2) is 0 Å². The molecule has 2 atom stereocenters. The summed E-state index contributed by atoms with van der Waals surface area (Å²) < 4.78 is 7.68. The Morgan fingerprint density at radius 1 is 1.18 bits per heavy atom. The van der Waals surface area contributed by atoms with Gasteiger partial charge in [0.2, 0.25) is 0 Å². The molecule has 4 rings (SSSR count). The zero-order chi connectivity index (χ0) is 19.7. The van der Waals surface area contributed by atoms with Gasteiger partial charge in [-0.1, -0.05) is 29.8 Å². The number of fused-ring (bicyclic) bond motifs is 1. The molecule has 0 aliphatic carbocycles. The molecule has 28 heavy (non-hydrogen) atoms. The van der Waals surface area contributed by atoms with Crippen molar-refractivity contribution in [3.63, 3.8) is 0 Å². The van der Waals surface area contributed by atoms with Crippen LogP contribution in [0.1, 0.15) is 12.0 Å². The van der Waals surface area contributed by atoms with Gasteiger partial charge in [0, 0.05) is 37.3 Å². The lowest BCUT2D eigenvalue weighted by molar-refractivity contribution is -0.0268. The largest absolute Gasteiger partial charge is 0.486 e. The summed E-state index contributed by atoms with van der Waals surface area (Å²) in [5.74, 6) is 0.678. The minimum absolute atomic E-state index is 0.0139. The van der Waals surface area contributed by atoms with Crippen molar-refractivity contribution in [1.82, 2.24) is 9.47 Å². The van der Waals surface area contributed by atoms with Gasteiger partial charge in [0.25, 0.3) is 5.56 Å². The second-order valence-electron chi connectivity index (χ2n) is 7.29. The van der Waals surface area contributed by atoms with E-state index in [-0.39, 0.29) is 11.7 Å². The Balaban J connectivity index is 1.52. The summed E-state index contributed by atoms with van der Waals surface area (Å²) in [5, 5.41) is 12.1. The third kappa shape index (κ3) is 3.92. The summed E-state index contributed by atoms with van der Waals surface area (Å²) in [5.41, 5.74) is 1.69. The molecule has 2 heterocycles. The number of aliphatic hydroxyl groups is 1. The molecule has 1 aliphatic heterocycles. The molecule has 1 saturated heterocycles. The quantitative estimate of drug-likeness (QED) is 0.733. The number of hydrogen-bond acceptors (Lipinski definition) is 4. The number of halogens is 1. The molecule has 6 heteroatoms. The predicted molar refractivity (Wildman–Crippen MR) is 111 cm³/mol. The number of piperidine rings is 1. The molecule has 1 aliphatic rings. The maximum atomic E-state index is 12.8. The van der Waals surface area contributed by atoms with Crippen molar-refractivity contribution in [2.24, 2.45) is 7.05 Å². The first kappa shape index (κ1) is 19.0. The van der Waals surface area contributed by atoms with Crippen LogP contribution in [-0.2, 0) is 13.6 Å². The van der Waals surface area contributed by atoms with Crippen LogP contribution < -0.4 is 10.3 Å². The van der Waals surface area contributed by atoms with Crippen LogP contribution in [0.3, 0.4) is 0 Å². The highest BCUT2D eigenvalue weighted by Gasteiger charge is 2.30. The maximum absolute atomic E-state index is 12.8. The highest BCUT2D eigenvalue weighted by molar-refractivity contribution is 6.30. The monoisotopic (exact) mass is 398 g/mol. The van der Waals surface area contributed by atoms with Gasteiger partial charge in [-0.15, -0.1) is 0 Å². The van der Waals surface area contributed by atoms with Crippen molar-refractivity contribution in [1.29, 1.82) is 0 Å². The molecule has 2 aromatic carbocycles. The van der Waals surface area contributed by atoms with Crippen molar-refractivity contribution in [2.75, 3.05) is 13.1 Å². The first-order valence-corrected chi connectivity index (χ1v) is 9.79. The number of ether oxygens (including phenoxy) is 1. The zero-order valence-corrected chi connectivity index (χ0v) is 16.5. The van der Waals surface area contributed by atoms with E-state index in [1.165, 1.54) is 0 Å². The Hall–Kier alpha value is -2.34. The average molecular weight is 399 g/mol. The number of rotatable bonds is 4. The number of aliphatic hydroxyl groups excluding tert-OH is 1. The van der Waals surface area contributed by atoms with Crippen molar-refractivity contribution >= 4 is 22.5 Å². The van der Waals surface area contributed by atoms with Gasteiger partial charge in [0.1, 0.15) is 11.9 Å². The molecule has 1 N–H and O–H groups in total. The first-order chi connectivity index (χ1) is 13.5. The second kappa shape index (κ2) is 7.95. The Morgan fingerprint density at radius 2 is 1.93 bits per heavy atom. The number of nitrogens with zero attached hydrogens (tertiary/aromatic N) is 2. The van der Waals surface area contributed by atoms with E-state index in [4.69, 9.17) is 16.3 Å². The van der Waals surface area contributed by atoms with E-state index in [1.54, 1.807) is 35.9 Å². The number of benzene rings is 2. The standard InChI is InChI=1S/C22H23ClN2O3/c1-24-19-5-3-2-4-15(19)12-16(22(24)27)13-25-11-10-20(26)21(14-25)28-18-8-6-17(23)7-9-18/h2-9,12,20-21,26H,10-11,13-14H2,1H3/t20-,21-/m1/s1. The Bertz CT molecular complexity index is 1030. The molecule has 0 spiro atoms. The molecule has 1 aromatic heterocycles. The summed E-state index contributed by atoms with van der Waals surface area (Å²) in [6, 6.07) is 17.0. The molecule has 1 fully saturated rings. The van der Waals surface area contributed by atoms with Crippen LogP contribution in [-0.4, -0.2) is 39.9 Å². The number of aromatic nitrogens is 1. The molecule has 0 bridgehead atoms. The molecule has 146 valence electrons. The lowest BCUT2D eigenvalue weighted by Crippen LogP contribution is -2.49. The second-order valence-corrected chi connectivity index (χ2v) is 7.73. The van der Waals surface area contributed by atoms with Gasteiger partial charge in [0.05, 0.1) is 11.6 Å². The zero-order valence-electron chi connectivity index (χ0n) is 15.7. The normalized spacial score (nSPS) is 20.4. The molecule has 0 unspecified atom stereocenters.